The van der Waals surface area contributed by atoms with Gasteiger partial charge in [-0.1, -0.05) is 23.7 Å². The average molecular weight is 341 g/mol. The Bertz CT molecular complexity index is 876. The number of pyridine rings is 1. The molecule has 0 aliphatic heterocycles. The molecule has 1 aromatic heterocycles. The van der Waals surface area contributed by atoms with Gasteiger partial charge in [0.2, 0.25) is 0 Å². The summed E-state index contributed by atoms with van der Waals surface area (Å²) in [6, 6.07) is 14.3. The second-order valence-corrected chi connectivity index (χ2v) is 6.05. The maximum atomic E-state index is 12.5. The van der Waals surface area contributed by atoms with Gasteiger partial charge < -0.3 is 10.1 Å². The molecule has 0 atom stereocenters. The number of rotatable bonds is 4. The van der Waals surface area contributed by atoms with Crippen LogP contribution in [0, 0.1) is 0 Å². The van der Waals surface area contributed by atoms with Gasteiger partial charge in [0, 0.05) is 17.1 Å². The molecule has 0 spiro atoms. The highest BCUT2D eigenvalue weighted by atomic mass is 35.5. The molecular formula is C19H17ClN2O2. The van der Waals surface area contributed by atoms with Crippen LogP contribution < -0.4 is 10.1 Å². The van der Waals surface area contributed by atoms with Crippen molar-refractivity contribution in [2.24, 2.45) is 0 Å². The lowest BCUT2D eigenvalue weighted by Crippen LogP contribution is -2.12. The summed E-state index contributed by atoms with van der Waals surface area (Å²) in [7, 11) is 0. The maximum Gasteiger partial charge on any atom is 0.255 e. The minimum absolute atomic E-state index is 0.0937. The molecule has 0 radical (unpaired) electrons. The third-order valence-electron chi connectivity index (χ3n) is 3.45. The fourth-order valence-corrected chi connectivity index (χ4v) is 2.60. The zero-order valence-electron chi connectivity index (χ0n) is 13.4. The summed E-state index contributed by atoms with van der Waals surface area (Å²) in [6.45, 7) is 3.92. The van der Waals surface area contributed by atoms with E-state index in [4.69, 9.17) is 16.3 Å². The normalized spacial score (nSPS) is 10.8. The second-order valence-electron chi connectivity index (χ2n) is 5.64. The van der Waals surface area contributed by atoms with Gasteiger partial charge in [-0.2, -0.15) is 0 Å². The van der Waals surface area contributed by atoms with Gasteiger partial charge in [0.1, 0.15) is 5.75 Å². The molecule has 5 heteroatoms. The van der Waals surface area contributed by atoms with E-state index in [1.165, 1.54) is 0 Å². The highest BCUT2D eigenvalue weighted by Crippen LogP contribution is 2.27. The first-order chi connectivity index (χ1) is 11.5. The Kier molecular flexibility index (Phi) is 4.67. The van der Waals surface area contributed by atoms with Crippen LogP contribution in [0.1, 0.15) is 24.2 Å². The number of nitrogens with one attached hydrogen (secondary N) is 1. The Morgan fingerprint density at radius 3 is 2.58 bits per heavy atom. The van der Waals surface area contributed by atoms with Crippen molar-refractivity contribution in [1.82, 2.24) is 4.98 Å². The summed E-state index contributed by atoms with van der Waals surface area (Å²) in [4.78, 5) is 16.8. The molecule has 0 saturated carbocycles. The molecule has 2 aromatic carbocycles. The summed E-state index contributed by atoms with van der Waals surface area (Å²) in [6.07, 6.45) is 1.72. The van der Waals surface area contributed by atoms with Gasteiger partial charge in [0.25, 0.3) is 5.91 Å². The van der Waals surface area contributed by atoms with E-state index < -0.39 is 0 Å². The largest absolute Gasteiger partial charge is 0.491 e. The summed E-state index contributed by atoms with van der Waals surface area (Å²) < 4.78 is 5.58. The molecule has 3 aromatic rings. The van der Waals surface area contributed by atoms with Crippen LogP contribution in [0.15, 0.2) is 54.7 Å². The molecule has 3 rings (SSSR count). The van der Waals surface area contributed by atoms with E-state index in [0.29, 0.717) is 21.8 Å². The molecule has 0 aliphatic rings. The van der Waals surface area contributed by atoms with Crippen molar-refractivity contribution in [3.8, 4) is 5.75 Å². The first-order valence-corrected chi connectivity index (χ1v) is 8.03. The van der Waals surface area contributed by atoms with Crippen molar-refractivity contribution in [3.05, 3.63) is 65.3 Å². The fourth-order valence-electron chi connectivity index (χ4n) is 2.39. The molecule has 122 valence electrons. The Morgan fingerprint density at radius 2 is 1.88 bits per heavy atom. The van der Waals surface area contributed by atoms with Crippen LogP contribution >= 0.6 is 11.6 Å². The third-order valence-corrected chi connectivity index (χ3v) is 3.78. The maximum absolute atomic E-state index is 12.5. The Hall–Kier alpha value is -2.59. The van der Waals surface area contributed by atoms with Crippen molar-refractivity contribution in [2.45, 2.75) is 20.0 Å². The van der Waals surface area contributed by atoms with Crippen LogP contribution in [0.25, 0.3) is 10.9 Å². The lowest BCUT2D eigenvalue weighted by molar-refractivity contribution is 0.102. The van der Waals surface area contributed by atoms with Crippen molar-refractivity contribution in [1.29, 1.82) is 0 Å². The van der Waals surface area contributed by atoms with Crippen LogP contribution in [0.3, 0.4) is 0 Å². The van der Waals surface area contributed by atoms with Gasteiger partial charge >= 0.3 is 0 Å². The molecule has 24 heavy (non-hydrogen) atoms. The first kappa shape index (κ1) is 16.3. The number of anilines is 1. The minimum Gasteiger partial charge on any atom is -0.491 e. The molecule has 0 aliphatic carbocycles. The third kappa shape index (κ3) is 3.49. The van der Waals surface area contributed by atoms with Crippen LogP contribution in [0.5, 0.6) is 5.75 Å². The molecular weight excluding hydrogens is 324 g/mol. The van der Waals surface area contributed by atoms with Crippen LogP contribution in [-0.2, 0) is 0 Å². The standard InChI is InChI=1S/C19H17ClN2O2/c1-12(2)24-14-8-6-13(7-9-14)19(23)22-17-5-3-4-15-16(20)10-11-21-18(15)17/h3-12H,1-2H3,(H,22,23). The van der Waals surface area contributed by atoms with Crippen LogP contribution in [0.2, 0.25) is 5.02 Å². The quantitative estimate of drug-likeness (QED) is 0.732. The minimum atomic E-state index is -0.208. The number of para-hydroxylation sites is 1. The Labute approximate surface area is 145 Å². The summed E-state index contributed by atoms with van der Waals surface area (Å²) in [5, 5.41) is 4.29. The summed E-state index contributed by atoms with van der Waals surface area (Å²) in [5.41, 5.74) is 1.84. The summed E-state index contributed by atoms with van der Waals surface area (Å²) in [5.74, 6) is 0.528. The van der Waals surface area contributed by atoms with E-state index in [1.807, 2.05) is 26.0 Å². The van der Waals surface area contributed by atoms with Crippen molar-refractivity contribution < 1.29 is 9.53 Å². The monoisotopic (exact) mass is 340 g/mol. The van der Waals surface area contributed by atoms with E-state index in [0.717, 1.165) is 11.1 Å². The molecule has 0 fully saturated rings. The van der Waals surface area contributed by atoms with Gasteiger partial charge in [0.05, 0.1) is 22.3 Å². The van der Waals surface area contributed by atoms with Crippen LogP contribution in [-0.4, -0.2) is 17.0 Å². The number of nitrogens with zero attached hydrogens (tertiary/aromatic N) is 1. The molecule has 0 bridgehead atoms. The van der Waals surface area contributed by atoms with E-state index in [2.05, 4.69) is 10.3 Å². The van der Waals surface area contributed by atoms with Crippen molar-refractivity contribution in [2.75, 3.05) is 5.32 Å². The van der Waals surface area contributed by atoms with Gasteiger partial charge in [-0.05, 0) is 50.2 Å². The number of hydrogen-bond donors (Lipinski definition) is 1. The Morgan fingerprint density at radius 1 is 1.12 bits per heavy atom. The number of carbonyl (C=O) groups is 1. The smallest absolute Gasteiger partial charge is 0.255 e. The molecule has 4 nitrogen and oxygen atoms in total. The Balaban J connectivity index is 1.84. The van der Waals surface area contributed by atoms with E-state index in [9.17, 15) is 4.79 Å². The zero-order chi connectivity index (χ0) is 17.1. The van der Waals surface area contributed by atoms with Gasteiger partial charge in [0.15, 0.2) is 0 Å². The van der Waals surface area contributed by atoms with Crippen LogP contribution in [0.4, 0.5) is 5.69 Å². The first-order valence-electron chi connectivity index (χ1n) is 7.66. The number of amides is 1. The predicted molar refractivity (Wildman–Crippen MR) is 96.9 cm³/mol. The fraction of sp³-hybridized carbons (Fsp3) is 0.158. The van der Waals surface area contributed by atoms with E-state index in [-0.39, 0.29) is 12.0 Å². The highest BCUT2D eigenvalue weighted by molar-refractivity contribution is 6.35. The molecule has 0 unspecified atom stereocenters. The average Bonchev–Trinajstić information content (AvgIpc) is 2.56. The molecule has 1 heterocycles. The number of aromatic nitrogens is 1. The predicted octanol–water partition coefficient (Wildman–Crippen LogP) is 4.93. The van der Waals surface area contributed by atoms with E-state index >= 15 is 0 Å². The van der Waals surface area contributed by atoms with Crippen molar-refractivity contribution in [3.63, 3.8) is 0 Å². The highest BCUT2D eigenvalue weighted by Gasteiger charge is 2.10. The lowest BCUT2D eigenvalue weighted by atomic mass is 10.1. The number of halogens is 1. The topological polar surface area (TPSA) is 51.2 Å². The second kappa shape index (κ2) is 6.89. The van der Waals surface area contributed by atoms with Gasteiger partial charge in [-0.25, -0.2) is 0 Å². The molecule has 1 amide bonds. The SMILES string of the molecule is CC(C)Oc1ccc(C(=O)Nc2cccc3c(Cl)ccnc23)cc1. The number of ether oxygens (including phenoxy) is 1. The molecule has 0 saturated heterocycles. The molecule has 1 N–H and O–H groups in total. The van der Waals surface area contributed by atoms with Gasteiger partial charge in [-0.3, -0.25) is 9.78 Å². The number of fused-ring (bicyclic) bond motifs is 1. The van der Waals surface area contributed by atoms with Gasteiger partial charge in [-0.15, -0.1) is 0 Å². The number of benzene rings is 2. The van der Waals surface area contributed by atoms with Crippen molar-refractivity contribution >= 4 is 34.1 Å². The summed E-state index contributed by atoms with van der Waals surface area (Å²) >= 11 is 6.17. The number of hydrogen-bond acceptors (Lipinski definition) is 3. The lowest BCUT2D eigenvalue weighted by Gasteiger charge is -2.11. The number of carbonyl (C=O) groups excluding carboxylic acids is 1. The zero-order valence-corrected chi connectivity index (χ0v) is 14.2. The van der Waals surface area contributed by atoms with E-state index in [1.54, 1.807) is 42.6 Å².